The van der Waals surface area contributed by atoms with Gasteiger partial charge in [-0.3, -0.25) is 9.20 Å². The maximum absolute atomic E-state index is 11.4. The van der Waals surface area contributed by atoms with Gasteiger partial charge < -0.3 is 5.11 Å². The number of benzene rings is 1. The Labute approximate surface area is 139 Å². The summed E-state index contributed by atoms with van der Waals surface area (Å²) in [5.74, 6) is -0.518. The van der Waals surface area contributed by atoms with Crippen LogP contribution in [0.3, 0.4) is 0 Å². The molecule has 0 spiro atoms. The van der Waals surface area contributed by atoms with Gasteiger partial charge in [-0.05, 0) is 37.0 Å². The molecule has 0 saturated carbocycles. The Morgan fingerprint density at radius 1 is 1.30 bits per heavy atom. The number of aryl methyl sites for hydroxylation is 2. The number of nitrogens with zero attached hydrogens (tertiary/aromatic N) is 2. The number of carboxylic acids is 1. The first-order chi connectivity index (χ1) is 10.9. The zero-order valence-corrected chi connectivity index (χ0v) is 14.6. The van der Waals surface area contributed by atoms with Crippen molar-refractivity contribution in [2.24, 2.45) is 0 Å². The van der Waals surface area contributed by atoms with Gasteiger partial charge in [0.25, 0.3) is 0 Å². The van der Waals surface area contributed by atoms with E-state index < -0.39 is 5.97 Å². The van der Waals surface area contributed by atoms with E-state index in [2.05, 4.69) is 45.2 Å². The highest BCUT2D eigenvalue weighted by molar-refractivity contribution is 7.15. The zero-order chi connectivity index (χ0) is 16.7. The van der Waals surface area contributed by atoms with Gasteiger partial charge in [0.1, 0.15) is 0 Å². The number of carbonyl (C=O) groups is 1. The van der Waals surface area contributed by atoms with E-state index >= 15 is 0 Å². The number of imidazole rings is 1. The molecule has 120 valence electrons. The van der Waals surface area contributed by atoms with Gasteiger partial charge in [0, 0.05) is 16.6 Å². The van der Waals surface area contributed by atoms with Crippen LogP contribution in [0.1, 0.15) is 42.3 Å². The molecular formula is C18H20N2O2S. The summed E-state index contributed by atoms with van der Waals surface area (Å²) < 4.78 is 2.02. The largest absolute Gasteiger partial charge is 0.481 e. The summed E-state index contributed by atoms with van der Waals surface area (Å²) in [5, 5.41) is 11.4. The molecule has 2 aromatic heterocycles. The molecule has 0 aliphatic heterocycles. The number of aromatic nitrogens is 2. The molecule has 1 aromatic carbocycles. The van der Waals surface area contributed by atoms with Gasteiger partial charge in [0.05, 0.1) is 17.8 Å². The third-order valence-electron chi connectivity index (χ3n) is 4.18. The Hall–Kier alpha value is -2.14. The van der Waals surface area contributed by atoms with E-state index in [4.69, 9.17) is 4.98 Å². The minimum Gasteiger partial charge on any atom is -0.481 e. The van der Waals surface area contributed by atoms with Crippen molar-refractivity contribution in [3.63, 3.8) is 0 Å². The molecule has 4 nitrogen and oxygen atoms in total. The van der Waals surface area contributed by atoms with Crippen LogP contribution >= 0.6 is 11.3 Å². The molecule has 2 heterocycles. The maximum Gasteiger partial charge on any atom is 0.309 e. The van der Waals surface area contributed by atoms with Crippen LogP contribution < -0.4 is 0 Å². The normalized spacial score (nSPS) is 11.5. The smallest absolute Gasteiger partial charge is 0.309 e. The van der Waals surface area contributed by atoms with Crippen molar-refractivity contribution in [3.8, 4) is 11.3 Å². The van der Waals surface area contributed by atoms with Crippen LogP contribution in [0.2, 0.25) is 0 Å². The van der Waals surface area contributed by atoms with Crippen LogP contribution in [0.5, 0.6) is 0 Å². The molecule has 23 heavy (non-hydrogen) atoms. The lowest BCUT2D eigenvalue weighted by Crippen LogP contribution is -2.07. The minimum atomic E-state index is -0.835. The first-order valence-electron chi connectivity index (χ1n) is 7.66. The molecule has 0 bridgehead atoms. The minimum absolute atomic E-state index is 0.0279. The number of carboxylic acid groups (broad SMARTS) is 1. The van der Waals surface area contributed by atoms with Gasteiger partial charge in [0.15, 0.2) is 4.96 Å². The lowest BCUT2D eigenvalue weighted by molar-refractivity contribution is -0.136. The van der Waals surface area contributed by atoms with Crippen molar-refractivity contribution >= 4 is 22.3 Å². The maximum atomic E-state index is 11.4. The zero-order valence-electron chi connectivity index (χ0n) is 13.8. The van der Waals surface area contributed by atoms with E-state index in [1.54, 1.807) is 11.3 Å². The van der Waals surface area contributed by atoms with E-state index in [-0.39, 0.29) is 6.42 Å². The van der Waals surface area contributed by atoms with Crippen molar-refractivity contribution in [3.05, 3.63) is 46.1 Å². The lowest BCUT2D eigenvalue weighted by Gasteiger charge is -2.08. The van der Waals surface area contributed by atoms with Crippen molar-refractivity contribution in [1.82, 2.24) is 9.38 Å². The Morgan fingerprint density at radius 2 is 2.04 bits per heavy atom. The summed E-state index contributed by atoms with van der Waals surface area (Å²) in [5.41, 5.74) is 6.05. The standard InChI is InChI=1S/C18H20N2O2S/c1-10(2)15-9-23-18-19-17(14(20(15)18)8-16(21)22)13-6-5-11(3)12(4)7-13/h5-7,9-10H,8H2,1-4H3,(H,21,22). The third-order valence-corrected chi connectivity index (χ3v) is 5.02. The molecule has 3 aromatic rings. The first-order valence-corrected chi connectivity index (χ1v) is 8.54. The number of aliphatic carboxylic acids is 1. The average molecular weight is 328 g/mol. The fourth-order valence-corrected chi connectivity index (χ4v) is 3.83. The summed E-state index contributed by atoms with van der Waals surface area (Å²) in [7, 11) is 0. The lowest BCUT2D eigenvalue weighted by atomic mass is 10.0. The fourth-order valence-electron chi connectivity index (χ4n) is 2.76. The van der Waals surface area contributed by atoms with Crippen LogP contribution in [0, 0.1) is 13.8 Å². The Bertz CT molecular complexity index is 890. The SMILES string of the molecule is Cc1ccc(-c2nc3scc(C(C)C)n3c2CC(=O)O)cc1C. The van der Waals surface area contributed by atoms with Crippen molar-refractivity contribution in [1.29, 1.82) is 0 Å². The van der Waals surface area contributed by atoms with E-state index in [0.717, 1.165) is 27.6 Å². The fraction of sp³-hybridized carbons (Fsp3) is 0.333. The number of thiazole rings is 1. The molecule has 0 saturated heterocycles. The Balaban J connectivity index is 2.27. The first kappa shape index (κ1) is 15.7. The van der Waals surface area contributed by atoms with Gasteiger partial charge in [-0.2, -0.15) is 0 Å². The summed E-state index contributed by atoms with van der Waals surface area (Å²) >= 11 is 1.57. The van der Waals surface area contributed by atoms with E-state index in [1.807, 2.05) is 10.5 Å². The molecular weight excluding hydrogens is 308 g/mol. The molecule has 5 heteroatoms. The molecule has 0 atom stereocenters. The van der Waals surface area contributed by atoms with Crippen LogP contribution in [0.15, 0.2) is 23.6 Å². The predicted molar refractivity (Wildman–Crippen MR) is 93.4 cm³/mol. The number of rotatable bonds is 4. The monoisotopic (exact) mass is 328 g/mol. The van der Waals surface area contributed by atoms with E-state index in [9.17, 15) is 9.90 Å². The number of hydrogen-bond donors (Lipinski definition) is 1. The second-order valence-corrected chi connectivity index (χ2v) is 7.05. The quantitative estimate of drug-likeness (QED) is 0.771. The molecule has 0 fully saturated rings. The Kier molecular flexibility index (Phi) is 3.98. The van der Waals surface area contributed by atoms with Crippen molar-refractivity contribution in [2.45, 2.75) is 40.0 Å². The molecule has 0 amide bonds. The van der Waals surface area contributed by atoms with Crippen molar-refractivity contribution < 1.29 is 9.90 Å². The number of hydrogen-bond acceptors (Lipinski definition) is 3. The molecule has 0 radical (unpaired) electrons. The third kappa shape index (κ3) is 2.77. The summed E-state index contributed by atoms with van der Waals surface area (Å²) in [6.45, 7) is 8.36. The second-order valence-electron chi connectivity index (χ2n) is 6.21. The molecule has 3 rings (SSSR count). The van der Waals surface area contributed by atoms with Gasteiger partial charge >= 0.3 is 5.97 Å². The highest BCUT2D eigenvalue weighted by Gasteiger charge is 2.21. The van der Waals surface area contributed by atoms with Crippen molar-refractivity contribution in [2.75, 3.05) is 0 Å². The molecule has 0 aliphatic carbocycles. The van der Waals surface area contributed by atoms with Crippen LogP contribution in [-0.2, 0) is 11.2 Å². The summed E-state index contributed by atoms with van der Waals surface area (Å²) in [6, 6.07) is 6.17. The average Bonchev–Trinajstić information content (AvgIpc) is 3.02. The molecule has 0 aliphatic rings. The molecule has 1 N–H and O–H groups in total. The van der Waals surface area contributed by atoms with Gasteiger partial charge in [-0.25, -0.2) is 4.98 Å². The van der Waals surface area contributed by atoms with E-state index in [1.165, 1.54) is 11.1 Å². The highest BCUT2D eigenvalue weighted by atomic mass is 32.1. The van der Waals surface area contributed by atoms with Gasteiger partial charge in [0.2, 0.25) is 0 Å². The van der Waals surface area contributed by atoms with Crippen LogP contribution in [0.25, 0.3) is 16.2 Å². The van der Waals surface area contributed by atoms with Gasteiger partial charge in [-0.1, -0.05) is 26.0 Å². The predicted octanol–water partition coefficient (Wildman–Crippen LogP) is 4.43. The van der Waals surface area contributed by atoms with Crippen LogP contribution in [-0.4, -0.2) is 20.5 Å². The van der Waals surface area contributed by atoms with E-state index in [0.29, 0.717) is 5.92 Å². The van der Waals surface area contributed by atoms with Crippen LogP contribution in [0.4, 0.5) is 0 Å². The highest BCUT2D eigenvalue weighted by Crippen LogP contribution is 2.32. The summed E-state index contributed by atoms with van der Waals surface area (Å²) in [4.78, 5) is 17.0. The van der Waals surface area contributed by atoms with Gasteiger partial charge in [-0.15, -0.1) is 11.3 Å². The Morgan fingerprint density at radius 3 is 2.65 bits per heavy atom. The summed E-state index contributed by atoms with van der Waals surface area (Å²) in [6.07, 6.45) is -0.0279. The topological polar surface area (TPSA) is 54.6 Å². The second kappa shape index (κ2) is 5.81. The number of fused-ring (bicyclic) bond motifs is 1. The molecule has 0 unspecified atom stereocenters.